The molecule has 3 rings (SSSR count). The zero-order valence-electron chi connectivity index (χ0n) is 11.4. The second kappa shape index (κ2) is 5.34. The van der Waals surface area contributed by atoms with Crippen molar-refractivity contribution in [3.63, 3.8) is 0 Å². The second-order valence-corrected chi connectivity index (χ2v) is 4.68. The van der Waals surface area contributed by atoms with Gasteiger partial charge in [-0.15, -0.1) is 9.81 Å². The summed E-state index contributed by atoms with van der Waals surface area (Å²) >= 11 is 0. The molecule has 0 saturated heterocycles. The van der Waals surface area contributed by atoms with Gasteiger partial charge in [-0.1, -0.05) is 0 Å². The average molecular weight is 312 g/mol. The molecule has 0 amide bonds. The van der Waals surface area contributed by atoms with Crippen LogP contribution in [0.5, 0.6) is 11.5 Å². The van der Waals surface area contributed by atoms with Crippen molar-refractivity contribution in [2.24, 2.45) is 10.4 Å². The van der Waals surface area contributed by atoms with E-state index in [4.69, 9.17) is 4.42 Å². The Morgan fingerprint density at radius 3 is 2.39 bits per heavy atom. The van der Waals surface area contributed by atoms with Crippen LogP contribution in [0.25, 0.3) is 22.3 Å². The number of hydrogen-bond acceptors (Lipinski definition) is 8. The van der Waals surface area contributed by atoms with E-state index in [-0.39, 0.29) is 33.7 Å². The van der Waals surface area contributed by atoms with E-state index >= 15 is 0 Å². The summed E-state index contributed by atoms with van der Waals surface area (Å²) in [5.41, 5.74) is -0.618. The summed E-state index contributed by atoms with van der Waals surface area (Å²) in [6.07, 6.45) is 0. The summed E-state index contributed by atoms with van der Waals surface area (Å²) in [4.78, 5) is 33.2. The fourth-order valence-electron chi connectivity index (χ4n) is 2.17. The first kappa shape index (κ1) is 14.4. The van der Waals surface area contributed by atoms with Crippen molar-refractivity contribution in [2.45, 2.75) is 0 Å². The predicted molar refractivity (Wildman–Crippen MR) is 82.2 cm³/mol. The van der Waals surface area contributed by atoms with Crippen LogP contribution in [0, 0.1) is 9.81 Å². The van der Waals surface area contributed by atoms with Gasteiger partial charge in [0.1, 0.15) is 22.7 Å². The van der Waals surface area contributed by atoms with Crippen LogP contribution in [0.15, 0.2) is 56.0 Å². The fourth-order valence-corrected chi connectivity index (χ4v) is 2.17. The summed E-state index contributed by atoms with van der Waals surface area (Å²) in [5, 5.41) is 25.1. The normalized spacial score (nSPS) is 10.6. The molecule has 0 spiro atoms. The highest BCUT2D eigenvalue weighted by atomic mass is 16.4. The molecule has 114 valence electrons. The van der Waals surface area contributed by atoms with E-state index in [0.29, 0.717) is 0 Å². The molecule has 8 heteroatoms. The third-order valence-corrected chi connectivity index (χ3v) is 3.29. The van der Waals surface area contributed by atoms with Gasteiger partial charge >= 0.3 is 0 Å². The van der Waals surface area contributed by atoms with Gasteiger partial charge in [0.25, 0.3) is 0 Å². The summed E-state index contributed by atoms with van der Waals surface area (Å²) in [5.74, 6) is -1.29. The fraction of sp³-hybridized carbons (Fsp3) is 0. The molecule has 0 unspecified atom stereocenters. The Morgan fingerprint density at radius 1 is 0.957 bits per heavy atom. The quantitative estimate of drug-likeness (QED) is 0.710. The number of phenols is 1. The zero-order chi connectivity index (χ0) is 16.6. The van der Waals surface area contributed by atoms with Gasteiger partial charge in [0.2, 0.25) is 11.2 Å². The predicted octanol–water partition coefficient (Wildman–Crippen LogP) is 3.67. The van der Waals surface area contributed by atoms with Gasteiger partial charge in [0.05, 0.1) is 5.39 Å². The Morgan fingerprint density at radius 2 is 1.74 bits per heavy atom. The SMILES string of the molecule is O=Nc1ccc2c(=O)c(O)c(-c3ccc(N=O)c(O)c3)oc2c1. The van der Waals surface area contributed by atoms with Crippen LogP contribution in [-0.2, 0) is 0 Å². The van der Waals surface area contributed by atoms with Gasteiger partial charge in [0.15, 0.2) is 5.76 Å². The topological polar surface area (TPSA) is 130 Å². The lowest BCUT2D eigenvalue weighted by molar-refractivity contribution is 0.448. The number of nitrogens with zero attached hydrogens (tertiary/aromatic N) is 2. The molecule has 2 aromatic carbocycles. The molecule has 0 aliphatic heterocycles. The molecule has 0 fully saturated rings. The van der Waals surface area contributed by atoms with Crippen LogP contribution < -0.4 is 5.43 Å². The van der Waals surface area contributed by atoms with E-state index in [1.165, 1.54) is 30.3 Å². The van der Waals surface area contributed by atoms with Crippen molar-refractivity contribution in [3.8, 4) is 22.8 Å². The van der Waals surface area contributed by atoms with Crippen LogP contribution in [0.3, 0.4) is 0 Å². The first-order valence-corrected chi connectivity index (χ1v) is 6.35. The van der Waals surface area contributed by atoms with Crippen molar-refractivity contribution < 1.29 is 14.6 Å². The molecule has 1 heterocycles. The van der Waals surface area contributed by atoms with E-state index in [2.05, 4.69) is 10.4 Å². The van der Waals surface area contributed by atoms with Crippen LogP contribution in [0.2, 0.25) is 0 Å². The summed E-state index contributed by atoms with van der Waals surface area (Å²) in [6.45, 7) is 0. The molecule has 23 heavy (non-hydrogen) atoms. The molecule has 0 saturated carbocycles. The number of aromatic hydroxyl groups is 2. The van der Waals surface area contributed by atoms with Crippen LogP contribution in [-0.4, -0.2) is 10.2 Å². The first-order valence-electron chi connectivity index (χ1n) is 6.35. The number of hydrogen-bond donors (Lipinski definition) is 2. The van der Waals surface area contributed by atoms with E-state index < -0.39 is 16.9 Å². The molecule has 0 aliphatic carbocycles. The number of benzene rings is 2. The number of rotatable bonds is 3. The molecular formula is C15H8N2O6. The molecule has 0 radical (unpaired) electrons. The lowest BCUT2D eigenvalue weighted by Gasteiger charge is -2.07. The molecule has 0 atom stereocenters. The minimum atomic E-state index is -0.698. The largest absolute Gasteiger partial charge is 0.506 e. The lowest BCUT2D eigenvalue weighted by atomic mass is 10.1. The zero-order valence-corrected chi connectivity index (χ0v) is 11.4. The maximum Gasteiger partial charge on any atom is 0.235 e. The van der Waals surface area contributed by atoms with Crippen molar-refractivity contribution in [1.82, 2.24) is 0 Å². The van der Waals surface area contributed by atoms with Gasteiger partial charge in [-0.3, -0.25) is 4.79 Å². The molecule has 0 bridgehead atoms. The van der Waals surface area contributed by atoms with Crippen molar-refractivity contribution >= 4 is 22.3 Å². The maximum atomic E-state index is 12.2. The van der Waals surface area contributed by atoms with Gasteiger partial charge in [-0.2, -0.15) is 0 Å². The molecule has 0 aliphatic rings. The number of nitroso groups, excluding NO2 is 2. The van der Waals surface area contributed by atoms with Gasteiger partial charge in [0, 0.05) is 11.6 Å². The summed E-state index contributed by atoms with van der Waals surface area (Å²) in [6, 6.07) is 7.59. The monoisotopic (exact) mass is 312 g/mol. The van der Waals surface area contributed by atoms with Gasteiger partial charge < -0.3 is 14.6 Å². The van der Waals surface area contributed by atoms with Gasteiger partial charge in [-0.25, -0.2) is 0 Å². The van der Waals surface area contributed by atoms with E-state index in [9.17, 15) is 24.8 Å². The molecule has 3 aromatic rings. The van der Waals surface area contributed by atoms with Crippen molar-refractivity contribution in [1.29, 1.82) is 0 Å². The minimum absolute atomic E-state index is 0.0528. The Balaban J connectivity index is 2.30. The Labute approximate surface area is 127 Å². The van der Waals surface area contributed by atoms with Crippen molar-refractivity contribution in [3.05, 3.63) is 56.4 Å². The number of fused-ring (bicyclic) bond motifs is 1. The third-order valence-electron chi connectivity index (χ3n) is 3.29. The van der Waals surface area contributed by atoms with Crippen LogP contribution in [0.4, 0.5) is 11.4 Å². The average Bonchev–Trinajstić information content (AvgIpc) is 2.57. The summed E-state index contributed by atoms with van der Waals surface area (Å²) < 4.78 is 5.46. The van der Waals surface area contributed by atoms with E-state index in [1.54, 1.807) is 0 Å². The maximum absolute atomic E-state index is 12.2. The first-order chi connectivity index (χ1) is 11.0. The smallest absolute Gasteiger partial charge is 0.235 e. The van der Waals surface area contributed by atoms with E-state index in [1.807, 2.05) is 0 Å². The second-order valence-electron chi connectivity index (χ2n) is 4.68. The molecule has 2 N–H and O–H groups in total. The van der Waals surface area contributed by atoms with Crippen LogP contribution in [0.1, 0.15) is 0 Å². The Hall–Kier alpha value is -3.55. The highest BCUT2D eigenvalue weighted by Crippen LogP contribution is 2.36. The van der Waals surface area contributed by atoms with Crippen LogP contribution >= 0.6 is 0 Å². The Kier molecular flexibility index (Phi) is 3.34. The van der Waals surface area contributed by atoms with Crippen molar-refractivity contribution in [2.75, 3.05) is 0 Å². The summed E-state index contributed by atoms with van der Waals surface area (Å²) in [7, 11) is 0. The Bertz CT molecular complexity index is 1010. The standard InChI is InChI=1S/C15H8N2O6/c18-11-5-7(1-4-10(11)17-22)15-14(20)13(19)9-3-2-8(16-21)6-12(9)23-15/h1-6,18,20H. The highest BCUT2D eigenvalue weighted by molar-refractivity contribution is 5.84. The number of phenolic OH excluding ortho intramolecular Hbond substituents is 1. The molecular weight excluding hydrogens is 304 g/mol. The highest BCUT2D eigenvalue weighted by Gasteiger charge is 2.17. The van der Waals surface area contributed by atoms with Gasteiger partial charge in [-0.05, 0) is 40.7 Å². The molecule has 1 aromatic heterocycles. The lowest BCUT2D eigenvalue weighted by Crippen LogP contribution is -2.02. The molecule has 8 nitrogen and oxygen atoms in total. The third kappa shape index (κ3) is 2.31. The van der Waals surface area contributed by atoms with E-state index in [0.717, 1.165) is 6.07 Å². The minimum Gasteiger partial charge on any atom is -0.506 e.